The molecule has 1 heterocycles. The highest BCUT2D eigenvalue weighted by Gasteiger charge is 2.37. The third-order valence-electron chi connectivity index (χ3n) is 4.28. The van der Waals surface area contributed by atoms with Gasteiger partial charge in [-0.2, -0.15) is 0 Å². The van der Waals surface area contributed by atoms with Crippen molar-refractivity contribution in [3.63, 3.8) is 0 Å². The van der Waals surface area contributed by atoms with Gasteiger partial charge in [-0.15, -0.1) is 0 Å². The molecule has 1 aromatic carbocycles. The second-order valence-corrected chi connectivity index (χ2v) is 6.00. The molecule has 0 bridgehead atoms. The molecule has 1 fully saturated rings. The number of aryl methyl sites for hydroxylation is 1. The van der Waals surface area contributed by atoms with Gasteiger partial charge in [0.15, 0.2) is 0 Å². The third kappa shape index (κ3) is 3.03. The average Bonchev–Trinajstić information content (AvgIpc) is 2.44. The molecule has 1 N–H and O–H groups in total. The zero-order valence-electron chi connectivity index (χ0n) is 12.9. The summed E-state index contributed by atoms with van der Waals surface area (Å²) in [5.41, 5.74) is 1.65. The third-order valence-corrected chi connectivity index (χ3v) is 4.28. The van der Waals surface area contributed by atoms with Gasteiger partial charge in [-0.3, -0.25) is 4.90 Å². The highest BCUT2D eigenvalue weighted by Crippen LogP contribution is 2.33. The van der Waals surface area contributed by atoms with E-state index in [1.165, 1.54) is 0 Å². The Balaban J connectivity index is 2.32. The molecule has 112 valence electrons. The van der Waals surface area contributed by atoms with Crippen molar-refractivity contribution in [1.82, 2.24) is 10.2 Å². The Labute approximate surface area is 121 Å². The van der Waals surface area contributed by atoms with Crippen LogP contribution in [0.5, 0.6) is 0 Å². The van der Waals surface area contributed by atoms with Gasteiger partial charge in [-0.25, -0.2) is 4.39 Å². The van der Waals surface area contributed by atoms with E-state index in [9.17, 15) is 4.39 Å². The van der Waals surface area contributed by atoms with Gasteiger partial charge >= 0.3 is 0 Å². The number of ether oxygens (including phenoxy) is 1. The van der Waals surface area contributed by atoms with Gasteiger partial charge in [0.2, 0.25) is 0 Å². The Kier molecular flexibility index (Phi) is 4.78. The van der Waals surface area contributed by atoms with Gasteiger partial charge in [-0.05, 0) is 33.9 Å². The van der Waals surface area contributed by atoms with Crippen molar-refractivity contribution in [3.8, 4) is 0 Å². The van der Waals surface area contributed by atoms with Gasteiger partial charge < -0.3 is 10.1 Å². The summed E-state index contributed by atoms with van der Waals surface area (Å²) in [6, 6.07) is 5.26. The number of nitrogens with zero attached hydrogens (tertiary/aromatic N) is 1. The molecule has 20 heavy (non-hydrogen) atoms. The van der Waals surface area contributed by atoms with E-state index >= 15 is 0 Å². The summed E-state index contributed by atoms with van der Waals surface area (Å²) in [4.78, 5) is 2.37. The van der Waals surface area contributed by atoms with Crippen LogP contribution in [0.25, 0.3) is 0 Å². The Morgan fingerprint density at radius 3 is 2.55 bits per heavy atom. The van der Waals surface area contributed by atoms with E-state index in [4.69, 9.17) is 4.74 Å². The van der Waals surface area contributed by atoms with Crippen LogP contribution >= 0.6 is 0 Å². The largest absolute Gasteiger partial charge is 0.379 e. The standard InChI is InChI=1S/C16H25FN2O/c1-12-5-6-14(17)13(11-12)15(18-4)16(2,3)19-7-9-20-10-8-19/h5-6,11,15,18H,7-10H2,1-4H3. The Hall–Kier alpha value is -0.970. The first-order valence-corrected chi connectivity index (χ1v) is 7.23. The molecule has 1 aromatic rings. The van der Waals surface area contributed by atoms with Crippen LogP contribution in [0.4, 0.5) is 4.39 Å². The zero-order chi connectivity index (χ0) is 14.8. The lowest BCUT2D eigenvalue weighted by molar-refractivity contribution is -0.0233. The summed E-state index contributed by atoms with van der Waals surface area (Å²) >= 11 is 0. The minimum absolute atomic E-state index is 0.0551. The number of likely N-dealkylation sites (N-methyl/N-ethyl adjacent to an activating group) is 1. The minimum Gasteiger partial charge on any atom is -0.379 e. The predicted octanol–water partition coefficient (Wildman–Crippen LogP) is 2.51. The highest BCUT2D eigenvalue weighted by molar-refractivity contribution is 5.29. The topological polar surface area (TPSA) is 24.5 Å². The molecule has 2 rings (SSSR count). The molecule has 0 spiro atoms. The van der Waals surface area contributed by atoms with Crippen molar-refractivity contribution in [2.24, 2.45) is 0 Å². The van der Waals surface area contributed by atoms with E-state index in [0.29, 0.717) is 0 Å². The van der Waals surface area contributed by atoms with E-state index in [0.717, 1.165) is 37.4 Å². The number of nitrogens with one attached hydrogen (secondary N) is 1. The van der Waals surface area contributed by atoms with Crippen molar-refractivity contribution in [1.29, 1.82) is 0 Å². The maximum absolute atomic E-state index is 14.2. The van der Waals surface area contributed by atoms with Gasteiger partial charge in [-0.1, -0.05) is 17.7 Å². The number of benzene rings is 1. The molecule has 1 atom stereocenters. The molecule has 3 nitrogen and oxygen atoms in total. The van der Waals surface area contributed by atoms with Crippen molar-refractivity contribution >= 4 is 0 Å². The Morgan fingerprint density at radius 2 is 1.95 bits per heavy atom. The molecular formula is C16H25FN2O. The lowest BCUT2D eigenvalue weighted by Crippen LogP contribution is -2.55. The second kappa shape index (κ2) is 6.20. The summed E-state index contributed by atoms with van der Waals surface area (Å²) in [6.07, 6.45) is 0. The molecular weight excluding hydrogens is 255 g/mol. The lowest BCUT2D eigenvalue weighted by Gasteiger charge is -2.46. The SMILES string of the molecule is CNC(c1cc(C)ccc1F)C(C)(C)N1CCOCC1. The van der Waals surface area contributed by atoms with Gasteiger partial charge in [0.05, 0.1) is 19.3 Å². The fraction of sp³-hybridized carbons (Fsp3) is 0.625. The van der Waals surface area contributed by atoms with Crippen LogP contribution in [0.15, 0.2) is 18.2 Å². The van der Waals surface area contributed by atoms with Gasteiger partial charge in [0.25, 0.3) is 0 Å². The number of halogens is 1. The van der Waals surface area contributed by atoms with E-state index < -0.39 is 0 Å². The Bertz CT molecular complexity index is 456. The molecule has 1 saturated heterocycles. The van der Waals surface area contributed by atoms with Crippen molar-refractivity contribution in [2.45, 2.75) is 32.4 Å². The summed E-state index contributed by atoms with van der Waals surface area (Å²) in [7, 11) is 1.90. The molecule has 0 amide bonds. The van der Waals surface area contributed by atoms with Crippen LogP contribution < -0.4 is 5.32 Å². The first-order chi connectivity index (χ1) is 9.46. The first kappa shape index (κ1) is 15.4. The first-order valence-electron chi connectivity index (χ1n) is 7.23. The molecule has 1 unspecified atom stereocenters. The predicted molar refractivity (Wildman–Crippen MR) is 79.4 cm³/mol. The number of morpholine rings is 1. The van der Waals surface area contributed by atoms with E-state index in [2.05, 4.69) is 24.1 Å². The molecule has 0 aliphatic carbocycles. The normalized spacial score (nSPS) is 19.1. The van der Waals surface area contributed by atoms with Crippen molar-refractivity contribution in [3.05, 3.63) is 35.1 Å². The van der Waals surface area contributed by atoms with E-state index in [1.54, 1.807) is 6.07 Å². The number of hydrogen-bond donors (Lipinski definition) is 1. The monoisotopic (exact) mass is 280 g/mol. The average molecular weight is 280 g/mol. The second-order valence-electron chi connectivity index (χ2n) is 6.00. The molecule has 4 heteroatoms. The summed E-state index contributed by atoms with van der Waals surface area (Å²) in [5.74, 6) is -0.142. The lowest BCUT2D eigenvalue weighted by atomic mass is 9.85. The maximum atomic E-state index is 14.2. The highest BCUT2D eigenvalue weighted by atomic mass is 19.1. The molecule has 0 radical (unpaired) electrons. The van der Waals surface area contributed by atoms with Crippen molar-refractivity contribution < 1.29 is 9.13 Å². The van der Waals surface area contributed by atoms with Crippen LogP contribution in [-0.2, 0) is 4.74 Å². The van der Waals surface area contributed by atoms with E-state index in [-0.39, 0.29) is 17.4 Å². The van der Waals surface area contributed by atoms with Crippen LogP contribution in [0, 0.1) is 12.7 Å². The fourth-order valence-corrected chi connectivity index (χ4v) is 3.10. The zero-order valence-corrected chi connectivity index (χ0v) is 12.9. The quantitative estimate of drug-likeness (QED) is 0.917. The van der Waals surface area contributed by atoms with Crippen molar-refractivity contribution in [2.75, 3.05) is 33.4 Å². The van der Waals surface area contributed by atoms with Crippen LogP contribution in [-0.4, -0.2) is 43.8 Å². The van der Waals surface area contributed by atoms with Gasteiger partial charge in [0, 0.05) is 24.2 Å². The minimum atomic E-state index is -0.173. The number of rotatable bonds is 4. The van der Waals surface area contributed by atoms with Crippen LogP contribution in [0.2, 0.25) is 0 Å². The molecule has 1 aliphatic rings. The van der Waals surface area contributed by atoms with Crippen LogP contribution in [0.3, 0.4) is 0 Å². The smallest absolute Gasteiger partial charge is 0.128 e. The Morgan fingerprint density at radius 1 is 1.30 bits per heavy atom. The molecule has 0 saturated carbocycles. The maximum Gasteiger partial charge on any atom is 0.128 e. The molecule has 0 aromatic heterocycles. The summed E-state index contributed by atoms with van der Waals surface area (Å²) < 4.78 is 19.6. The summed E-state index contributed by atoms with van der Waals surface area (Å²) in [6.45, 7) is 9.60. The van der Waals surface area contributed by atoms with Crippen LogP contribution in [0.1, 0.15) is 31.0 Å². The fourth-order valence-electron chi connectivity index (χ4n) is 3.10. The summed E-state index contributed by atoms with van der Waals surface area (Å²) in [5, 5.41) is 3.30. The van der Waals surface area contributed by atoms with Gasteiger partial charge in [0.1, 0.15) is 5.82 Å². The number of hydrogen-bond acceptors (Lipinski definition) is 3. The molecule has 1 aliphatic heterocycles. The van der Waals surface area contributed by atoms with E-state index in [1.807, 2.05) is 26.1 Å².